The molecule has 1 heterocycles. The number of halogens is 1. The van der Waals surface area contributed by atoms with Crippen LogP contribution in [0.4, 0.5) is 11.6 Å². The molecule has 0 saturated heterocycles. The number of benzene rings is 1. The maximum absolute atomic E-state index is 6.02. The molecule has 0 spiro atoms. The molecular formula is C14H15IN4. The monoisotopic (exact) mass is 366 g/mol. The third-order valence-electron chi connectivity index (χ3n) is 3.25. The van der Waals surface area contributed by atoms with Crippen molar-refractivity contribution in [3.8, 4) is 0 Å². The third-order valence-corrected chi connectivity index (χ3v) is 3.80. The fourth-order valence-electron chi connectivity index (χ4n) is 2.06. The molecule has 0 bridgehead atoms. The van der Waals surface area contributed by atoms with Crippen LogP contribution >= 0.6 is 22.6 Å². The van der Waals surface area contributed by atoms with Crippen LogP contribution < -0.4 is 10.6 Å². The second-order valence-electron chi connectivity index (χ2n) is 4.76. The van der Waals surface area contributed by atoms with Crippen LogP contribution in [0.15, 0.2) is 36.7 Å². The molecule has 1 saturated carbocycles. The van der Waals surface area contributed by atoms with E-state index in [4.69, 9.17) is 5.73 Å². The molecule has 98 valence electrons. The van der Waals surface area contributed by atoms with Gasteiger partial charge >= 0.3 is 0 Å². The zero-order valence-electron chi connectivity index (χ0n) is 10.5. The van der Waals surface area contributed by atoms with Crippen LogP contribution in [0.1, 0.15) is 18.4 Å². The maximum atomic E-state index is 6.02. The predicted molar refractivity (Wildman–Crippen MR) is 84.8 cm³/mol. The molecule has 5 heteroatoms. The SMILES string of the molecule is Nc1ccccc1CN(c1ncc(I)cn1)C1CC1. The Labute approximate surface area is 126 Å². The van der Waals surface area contributed by atoms with Crippen LogP contribution in [0.3, 0.4) is 0 Å². The Bertz CT molecular complexity index is 566. The van der Waals surface area contributed by atoms with Crippen LogP contribution in [0.25, 0.3) is 0 Å². The standard InChI is InChI=1S/C14H15IN4/c15-11-7-17-14(18-8-11)19(12-5-6-12)9-10-3-1-2-4-13(10)16/h1-4,7-8,12H,5-6,9,16H2. The van der Waals surface area contributed by atoms with Crippen molar-refractivity contribution in [3.63, 3.8) is 0 Å². The normalized spacial score (nSPS) is 14.4. The molecule has 2 N–H and O–H groups in total. The lowest BCUT2D eigenvalue weighted by atomic mass is 10.1. The predicted octanol–water partition coefficient (Wildman–Crippen LogP) is 2.83. The number of nitrogens with two attached hydrogens (primary N) is 1. The number of anilines is 2. The second-order valence-corrected chi connectivity index (χ2v) is 6.00. The van der Waals surface area contributed by atoms with E-state index in [-0.39, 0.29) is 0 Å². The molecule has 1 aromatic carbocycles. The largest absolute Gasteiger partial charge is 0.398 e. The Morgan fingerprint density at radius 2 is 1.89 bits per heavy atom. The highest BCUT2D eigenvalue weighted by atomic mass is 127. The number of nitrogen functional groups attached to an aromatic ring is 1. The first-order chi connectivity index (χ1) is 9.24. The lowest BCUT2D eigenvalue weighted by Gasteiger charge is -2.23. The van der Waals surface area contributed by atoms with Crippen molar-refractivity contribution in [1.82, 2.24) is 9.97 Å². The topological polar surface area (TPSA) is 55.0 Å². The van der Waals surface area contributed by atoms with E-state index < -0.39 is 0 Å². The Morgan fingerprint density at radius 1 is 1.21 bits per heavy atom. The van der Waals surface area contributed by atoms with E-state index in [0.29, 0.717) is 6.04 Å². The molecule has 19 heavy (non-hydrogen) atoms. The summed E-state index contributed by atoms with van der Waals surface area (Å²) in [6.45, 7) is 0.776. The van der Waals surface area contributed by atoms with E-state index in [2.05, 4.69) is 43.5 Å². The Balaban J connectivity index is 1.86. The van der Waals surface area contributed by atoms with E-state index in [1.54, 1.807) is 0 Å². The first-order valence-electron chi connectivity index (χ1n) is 6.31. The summed E-state index contributed by atoms with van der Waals surface area (Å²) in [5, 5.41) is 0. The molecule has 1 aromatic heterocycles. The van der Waals surface area contributed by atoms with E-state index >= 15 is 0 Å². The zero-order valence-corrected chi connectivity index (χ0v) is 12.6. The number of rotatable bonds is 4. The molecule has 1 fully saturated rings. The maximum Gasteiger partial charge on any atom is 0.225 e. The molecule has 2 aromatic rings. The number of nitrogens with zero attached hydrogens (tertiary/aromatic N) is 3. The van der Waals surface area contributed by atoms with Crippen molar-refractivity contribution in [2.45, 2.75) is 25.4 Å². The van der Waals surface area contributed by atoms with Gasteiger partial charge in [0, 0.05) is 34.2 Å². The Hall–Kier alpha value is -1.37. The van der Waals surface area contributed by atoms with Crippen molar-refractivity contribution >= 4 is 34.2 Å². The minimum Gasteiger partial charge on any atom is -0.398 e. The minimum absolute atomic E-state index is 0.555. The van der Waals surface area contributed by atoms with Crippen molar-refractivity contribution in [3.05, 3.63) is 45.8 Å². The van der Waals surface area contributed by atoms with Gasteiger partial charge in [-0.05, 0) is 47.1 Å². The minimum atomic E-state index is 0.555. The lowest BCUT2D eigenvalue weighted by molar-refractivity contribution is 0.759. The number of hydrogen-bond donors (Lipinski definition) is 1. The van der Waals surface area contributed by atoms with Gasteiger partial charge in [0.15, 0.2) is 0 Å². The number of aromatic nitrogens is 2. The number of hydrogen-bond acceptors (Lipinski definition) is 4. The molecule has 0 radical (unpaired) electrons. The van der Waals surface area contributed by atoms with Crippen LogP contribution in [0, 0.1) is 3.57 Å². The van der Waals surface area contributed by atoms with Crippen LogP contribution in [0.2, 0.25) is 0 Å². The summed E-state index contributed by atoms with van der Waals surface area (Å²) in [6, 6.07) is 8.54. The average Bonchev–Trinajstić information content (AvgIpc) is 3.24. The first-order valence-corrected chi connectivity index (χ1v) is 7.39. The zero-order chi connectivity index (χ0) is 13.2. The fourth-order valence-corrected chi connectivity index (χ4v) is 2.34. The quantitative estimate of drug-likeness (QED) is 0.668. The Kier molecular flexibility index (Phi) is 3.54. The fraction of sp³-hybridized carbons (Fsp3) is 0.286. The summed E-state index contributed by atoms with van der Waals surface area (Å²) in [5.74, 6) is 0.797. The Morgan fingerprint density at radius 3 is 2.53 bits per heavy atom. The summed E-state index contributed by atoms with van der Waals surface area (Å²) >= 11 is 2.22. The van der Waals surface area contributed by atoms with Gasteiger partial charge in [-0.25, -0.2) is 9.97 Å². The molecule has 0 atom stereocenters. The van der Waals surface area contributed by atoms with Gasteiger partial charge in [0.2, 0.25) is 5.95 Å². The molecule has 0 aliphatic heterocycles. The molecule has 0 unspecified atom stereocenters. The highest BCUT2D eigenvalue weighted by Gasteiger charge is 2.31. The van der Waals surface area contributed by atoms with Crippen molar-refractivity contribution < 1.29 is 0 Å². The molecular weight excluding hydrogens is 351 g/mol. The van der Waals surface area contributed by atoms with Crippen molar-refractivity contribution in [1.29, 1.82) is 0 Å². The van der Waals surface area contributed by atoms with Gasteiger partial charge in [-0.3, -0.25) is 0 Å². The molecule has 1 aliphatic rings. The van der Waals surface area contributed by atoms with Crippen molar-refractivity contribution in [2.24, 2.45) is 0 Å². The molecule has 4 nitrogen and oxygen atoms in total. The van der Waals surface area contributed by atoms with Crippen molar-refractivity contribution in [2.75, 3.05) is 10.6 Å². The van der Waals surface area contributed by atoms with Gasteiger partial charge in [-0.2, -0.15) is 0 Å². The summed E-state index contributed by atoms with van der Waals surface area (Å²) in [5.41, 5.74) is 7.99. The van der Waals surface area contributed by atoms with Crippen LogP contribution in [0.5, 0.6) is 0 Å². The third kappa shape index (κ3) is 2.97. The van der Waals surface area contributed by atoms with Gasteiger partial charge in [0.25, 0.3) is 0 Å². The van der Waals surface area contributed by atoms with E-state index in [0.717, 1.165) is 27.3 Å². The smallest absolute Gasteiger partial charge is 0.225 e. The second kappa shape index (κ2) is 5.32. The molecule has 3 rings (SSSR count). The summed E-state index contributed by atoms with van der Waals surface area (Å²) in [7, 11) is 0. The summed E-state index contributed by atoms with van der Waals surface area (Å²) in [6.07, 6.45) is 6.13. The van der Waals surface area contributed by atoms with Crippen LogP contribution in [-0.2, 0) is 6.54 Å². The van der Waals surface area contributed by atoms with E-state index in [1.807, 2.05) is 30.6 Å². The first kappa shape index (κ1) is 12.7. The molecule has 1 aliphatic carbocycles. The van der Waals surface area contributed by atoms with E-state index in [1.165, 1.54) is 12.8 Å². The van der Waals surface area contributed by atoms with E-state index in [9.17, 15) is 0 Å². The van der Waals surface area contributed by atoms with Gasteiger partial charge in [-0.1, -0.05) is 18.2 Å². The average molecular weight is 366 g/mol. The highest BCUT2D eigenvalue weighted by molar-refractivity contribution is 14.1. The van der Waals surface area contributed by atoms with Gasteiger partial charge in [0.05, 0.1) is 0 Å². The molecule has 0 amide bonds. The highest BCUT2D eigenvalue weighted by Crippen LogP contribution is 2.31. The summed E-state index contributed by atoms with van der Waals surface area (Å²) in [4.78, 5) is 11.1. The summed E-state index contributed by atoms with van der Waals surface area (Å²) < 4.78 is 1.05. The van der Waals surface area contributed by atoms with Gasteiger partial charge in [-0.15, -0.1) is 0 Å². The van der Waals surface area contributed by atoms with Crippen LogP contribution in [-0.4, -0.2) is 16.0 Å². The van der Waals surface area contributed by atoms with Gasteiger partial charge in [0.1, 0.15) is 0 Å². The number of para-hydroxylation sites is 1. The van der Waals surface area contributed by atoms with Gasteiger partial charge < -0.3 is 10.6 Å². The lowest BCUT2D eigenvalue weighted by Crippen LogP contribution is -2.27.